The molecule has 0 atom stereocenters. The molecule has 1 fully saturated rings. The van der Waals surface area contributed by atoms with Crippen molar-refractivity contribution in [3.05, 3.63) is 24.3 Å². The quantitative estimate of drug-likeness (QED) is 0.785. The Balaban J connectivity index is 1.91. The van der Waals surface area contributed by atoms with Crippen molar-refractivity contribution >= 4 is 11.8 Å². The molecule has 0 aromatic heterocycles. The van der Waals surface area contributed by atoms with E-state index >= 15 is 0 Å². The molecule has 2 rings (SSSR count). The van der Waals surface area contributed by atoms with E-state index in [1.165, 1.54) is 0 Å². The molecule has 0 spiro atoms. The molecule has 99 valence electrons. The maximum Gasteiger partial charge on any atom is 0.178 e. The molecule has 1 saturated heterocycles. The van der Waals surface area contributed by atoms with Gasteiger partial charge in [-0.1, -0.05) is 0 Å². The van der Waals surface area contributed by atoms with Crippen LogP contribution in [0.2, 0.25) is 0 Å². The fraction of sp³-hybridized carbons (Fsp3) is 0.571. The van der Waals surface area contributed by atoms with Crippen molar-refractivity contribution < 1.29 is 9.84 Å². The van der Waals surface area contributed by atoms with Gasteiger partial charge in [0.15, 0.2) is 5.75 Å². The van der Waals surface area contributed by atoms with Crippen LogP contribution in [0.15, 0.2) is 29.2 Å². The standard InChI is InChI=1S/C14H20NO2S/c1-14(2,11-15-7-9-17-10-8-15)18-13-5-3-12(16)4-6-13/h3-6H,7-11H2,1-2H3. The Morgan fingerprint density at radius 1 is 1.22 bits per heavy atom. The van der Waals surface area contributed by atoms with Crippen LogP contribution < -0.4 is 0 Å². The number of nitrogens with zero attached hydrogens (tertiary/aromatic N) is 1. The molecule has 18 heavy (non-hydrogen) atoms. The van der Waals surface area contributed by atoms with Crippen molar-refractivity contribution in [2.75, 3.05) is 32.8 Å². The van der Waals surface area contributed by atoms with Crippen molar-refractivity contribution in [1.82, 2.24) is 4.90 Å². The van der Waals surface area contributed by atoms with Crippen LogP contribution in [-0.2, 0) is 9.84 Å². The molecule has 0 unspecified atom stereocenters. The van der Waals surface area contributed by atoms with E-state index in [-0.39, 0.29) is 10.5 Å². The van der Waals surface area contributed by atoms with Gasteiger partial charge >= 0.3 is 0 Å². The first kappa shape index (κ1) is 13.7. The lowest BCUT2D eigenvalue weighted by Gasteiger charge is -2.34. The summed E-state index contributed by atoms with van der Waals surface area (Å²) in [6, 6.07) is 7.09. The summed E-state index contributed by atoms with van der Waals surface area (Å²) in [5, 5.41) is 11.1. The molecule has 0 saturated carbocycles. The zero-order valence-electron chi connectivity index (χ0n) is 11.0. The van der Waals surface area contributed by atoms with Crippen molar-refractivity contribution in [1.29, 1.82) is 0 Å². The lowest BCUT2D eigenvalue weighted by Crippen LogP contribution is -2.43. The third-order valence-corrected chi connectivity index (χ3v) is 4.12. The van der Waals surface area contributed by atoms with Crippen LogP contribution in [0.3, 0.4) is 0 Å². The Morgan fingerprint density at radius 3 is 2.44 bits per heavy atom. The van der Waals surface area contributed by atoms with Crippen molar-refractivity contribution in [2.45, 2.75) is 23.5 Å². The summed E-state index contributed by atoms with van der Waals surface area (Å²) in [5.41, 5.74) is 0. The van der Waals surface area contributed by atoms with Crippen LogP contribution >= 0.6 is 11.8 Å². The summed E-state index contributed by atoms with van der Waals surface area (Å²) in [7, 11) is 0. The Hall–Kier alpha value is -0.710. The van der Waals surface area contributed by atoms with E-state index in [1.807, 2.05) is 23.9 Å². The third kappa shape index (κ3) is 4.19. The number of hydrogen-bond acceptors (Lipinski definition) is 3. The minimum atomic E-state index is 0.0744. The molecule has 1 aliphatic rings. The third-order valence-electron chi connectivity index (χ3n) is 2.93. The lowest BCUT2D eigenvalue weighted by atomic mass is 10.2. The summed E-state index contributed by atoms with van der Waals surface area (Å²) in [6.07, 6.45) is 0. The minimum Gasteiger partial charge on any atom is -0.379 e. The van der Waals surface area contributed by atoms with Crippen LogP contribution in [0, 0.1) is 0 Å². The normalized spacial score (nSPS) is 17.9. The maximum absolute atomic E-state index is 11.1. The number of ether oxygens (including phenoxy) is 1. The predicted octanol–water partition coefficient (Wildman–Crippen LogP) is 3.03. The van der Waals surface area contributed by atoms with Crippen LogP contribution in [0.5, 0.6) is 5.75 Å². The molecule has 3 nitrogen and oxygen atoms in total. The topological polar surface area (TPSA) is 32.4 Å². The first-order valence-electron chi connectivity index (χ1n) is 6.31. The fourth-order valence-corrected chi connectivity index (χ4v) is 3.31. The highest BCUT2D eigenvalue weighted by molar-refractivity contribution is 8.00. The van der Waals surface area contributed by atoms with E-state index in [0.717, 1.165) is 37.7 Å². The van der Waals surface area contributed by atoms with Crippen LogP contribution in [0.1, 0.15) is 13.8 Å². The van der Waals surface area contributed by atoms with Gasteiger partial charge in [0.1, 0.15) is 0 Å². The molecule has 1 aromatic carbocycles. The Morgan fingerprint density at radius 2 is 1.83 bits per heavy atom. The molecular weight excluding hydrogens is 246 g/mol. The van der Waals surface area contributed by atoms with Crippen molar-refractivity contribution in [3.63, 3.8) is 0 Å². The van der Waals surface area contributed by atoms with E-state index in [2.05, 4.69) is 18.7 Å². The molecule has 4 heteroatoms. The van der Waals surface area contributed by atoms with Gasteiger partial charge in [0.2, 0.25) is 0 Å². The van der Waals surface area contributed by atoms with E-state index in [4.69, 9.17) is 4.74 Å². The number of hydrogen-bond donors (Lipinski definition) is 0. The molecule has 1 aromatic rings. The summed E-state index contributed by atoms with van der Waals surface area (Å²) in [5.74, 6) is 0.0744. The van der Waals surface area contributed by atoms with Gasteiger partial charge in [0.05, 0.1) is 13.2 Å². The SMILES string of the molecule is CC(C)(CN1CCOCC1)Sc1ccc([O])cc1. The first-order valence-corrected chi connectivity index (χ1v) is 7.13. The second-order valence-electron chi connectivity index (χ2n) is 5.22. The summed E-state index contributed by atoms with van der Waals surface area (Å²) < 4.78 is 5.50. The van der Waals surface area contributed by atoms with Crippen LogP contribution in [0.25, 0.3) is 0 Å². The molecule has 0 aliphatic carbocycles. The highest BCUT2D eigenvalue weighted by atomic mass is 32.2. The van der Waals surface area contributed by atoms with Gasteiger partial charge < -0.3 is 4.74 Å². The van der Waals surface area contributed by atoms with Crippen molar-refractivity contribution in [3.8, 4) is 5.75 Å². The van der Waals surface area contributed by atoms with Crippen molar-refractivity contribution in [2.24, 2.45) is 0 Å². The number of benzene rings is 1. The number of morpholine rings is 1. The lowest BCUT2D eigenvalue weighted by molar-refractivity contribution is 0.0350. The maximum atomic E-state index is 11.1. The zero-order valence-corrected chi connectivity index (χ0v) is 11.8. The van der Waals surface area contributed by atoms with E-state index in [0.29, 0.717) is 0 Å². The van der Waals surface area contributed by atoms with Gasteiger partial charge in [-0.15, -0.1) is 11.8 Å². The van der Waals surface area contributed by atoms with Gasteiger partial charge in [-0.2, -0.15) is 0 Å². The Bertz CT molecular complexity index is 372. The Labute approximate surface area is 113 Å². The molecule has 0 N–H and O–H groups in total. The second kappa shape index (κ2) is 5.95. The highest BCUT2D eigenvalue weighted by Crippen LogP contribution is 2.34. The molecule has 1 aliphatic heterocycles. The zero-order chi connectivity index (χ0) is 13.0. The average molecular weight is 266 g/mol. The summed E-state index contributed by atoms with van der Waals surface area (Å²) in [6.45, 7) is 9.25. The number of thioether (sulfide) groups is 1. The predicted molar refractivity (Wildman–Crippen MR) is 73.8 cm³/mol. The average Bonchev–Trinajstić information content (AvgIpc) is 2.32. The van der Waals surface area contributed by atoms with Gasteiger partial charge in [0.25, 0.3) is 0 Å². The highest BCUT2D eigenvalue weighted by Gasteiger charge is 2.24. The summed E-state index contributed by atoms with van der Waals surface area (Å²) in [4.78, 5) is 3.60. The van der Waals surface area contributed by atoms with Gasteiger partial charge in [-0.3, -0.25) is 10.0 Å². The monoisotopic (exact) mass is 266 g/mol. The number of rotatable bonds is 4. The van der Waals surface area contributed by atoms with Crippen LogP contribution in [0.4, 0.5) is 0 Å². The van der Waals surface area contributed by atoms with E-state index in [1.54, 1.807) is 12.1 Å². The molecule has 0 bridgehead atoms. The fourth-order valence-electron chi connectivity index (χ4n) is 2.16. The van der Waals surface area contributed by atoms with Crippen LogP contribution in [-0.4, -0.2) is 42.5 Å². The van der Waals surface area contributed by atoms with E-state index < -0.39 is 0 Å². The van der Waals surface area contributed by atoms with E-state index in [9.17, 15) is 5.11 Å². The second-order valence-corrected chi connectivity index (χ2v) is 7.00. The largest absolute Gasteiger partial charge is 0.379 e. The molecule has 0 amide bonds. The Kier molecular flexibility index (Phi) is 4.54. The van der Waals surface area contributed by atoms with Gasteiger partial charge in [-0.25, -0.2) is 0 Å². The van der Waals surface area contributed by atoms with Gasteiger partial charge in [-0.05, 0) is 38.1 Å². The molecule has 1 heterocycles. The van der Waals surface area contributed by atoms with Gasteiger partial charge in [0, 0.05) is 29.3 Å². The summed E-state index contributed by atoms with van der Waals surface area (Å²) >= 11 is 1.83. The first-order chi connectivity index (χ1) is 8.55. The molecule has 1 radical (unpaired) electrons. The smallest absolute Gasteiger partial charge is 0.178 e. The molecular formula is C14H20NO2S. The minimum absolute atomic E-state index is 0.0744.